The van der Waals surface area contributed by atoms with Crippen LogP contribution in [0.4, 0.5) is 0 Å². The van der Waals surface area contributed by atoms with Crippen molar-refractivity contribution in [3.05, 3.63) is 23.0 Å². The van der Waals surface area contributed by atoms with E-state index in [0.717, 1.165) is 6.42 Å². The summed E-state index contributed by atoms with van der Waals surface area (Å²) < 4.78 is 0. The van der Waals surface area contributed by atoms with Crippen LogP contribution in [0.2, 0.25) is 13.1 Å². The average molecular weight is 195 g/mol. The molecule has 0 heterocycles. The third kappa shape index (κ3) is 3.03. The summed E-state index contributed by atoms with van der Waals surface area (Å²) >= 11 is 0. The lowest BCUT2D eigenvalue weighted by molar-refractivity contribution is 0.478. The van der Waals surface area contributed by atoms with Gasteiger partial charge in [-0.1, -0.05) is 25.2 Å². The fourth-order valence-electron chi connectivity index (χ4n) is 1.61. The van der Waals surface area contributed by atoms with E-state index in [1.54, 1.807) is 5.20 Å². The lowest BCUT2D eigenvalue weighted by atomic mass is 10.1. The van der Waals surface area contributed by atoms with Crippen molar-refractivity contribution in [2.75, 3.05) is 0 Å². The summed E-state index contributed by atoms with van der Waals surface area (Å²) in [7, 11) is -0.640. The van der Waals surface area contributed by atoms with E-state index in [-0.39, 0.29) is 5.54 Å². The van der Waals surface area contributed by atoms with Crippen molar-refractivity contribution in [2.45, 2.75) is 45.8 Å². The quantitative estimate of drug-likeness (QED) is 0.668. The van der Waals surface area contributed by atoms with Crippen molar-refractivity contribution in [1.29, 1.82) is 0 Å². The Morgan fingerprint density at radius 3 is 2.31 bits per heavy atom. The van der Waals surface area contributed by atoms with Gasteiger partial charge in [0.2, 0.25) is 0 Å². The van der Waals surface area contributed by atoms with Gasteiger partial charge in [0.15, 0.2) is 0 Å². The van der Waals surface area contributed by atoms with E-state index >= 15 is 0 Å². The van der Waals surface area contributed by atoms with Crippen LogP contribution in [-0.2, 0) is 0 Å². The van der Waals surface area contributed by atoms with Crippen molar-refractivity contribution in [1.82, 2.24) is 5.32 Å². The first kappa shape index (κ1) is 10.6. The Balaban J connectivity index is 2.67. The molecular formula is C11H21NSi. The van der Waals surface area contributed by atoms with E-state index in [4.69, 9.17) is 0 Å². The van der Waals surface area contributed by atoms with Gasteiger partial charge in [-0.25, -0.2) is 0 Å². The van der Waals surface area contributed by atoms with Gasteiger partial charge in [0, 0.05) is 11.2 Å². The zero-order chi connectivity index (χ0) is 10.1. The number of hydrogen-bond donors (Lipinski definition) is 1. The third-order valence-corrected chi connectivity index (χ3v) is 3.89. The Labute approximate surface area is 83.5 Å². The van der Waals surface area contributed by atoms with Crippen LogP contribution in [0.1, 0.15) is 27.2 Å². The molecule has 0 aromatic rings. The highest BCUT2D eigenvalue weighted by Gasteiger charge is 2.18. The van der Waals surface area contributed by atoms with Crippen LogP contribution >= 0.6 is 0 Å². The largest absolute Gasteiger partial charge is 0.381 e. The molecule has 0 unspecified atom stereocenters. The van der Waals surface area contributed by atoms with Crippen LogP contribution in [0, 0.1) is 0 Å². The van der Waals surface area contributed by atoms with Crippen molar-refractivity contribution < 1.29 is 0 Å². The maximum Gasteiger partial charge on any atom is 0.0670 e. The molecular weight excluding hydrogens is 174 g/mol. The molecule has 1 aliphatic rings. The average Bonchev–Trinajstić information content (AvgIpc) is 2.31. The molecule has 13 heavy (non-hydrogen) atoms. The first-order valence-electron chi connectivity index (χ1n) is 5.09. The van der Waals surface area contributed by atoms with Crippen LogP contribution in [0.15, 0.2) is 23.0 Å². The number of nitrogens with one attached hydrogen (secondary N) is 1. The third-order valence-electron chi connectivity index (χ3n) is 2.10. The van der Waals surface area contributed by atoms with Gasteiger partial charge >= 0.3 is 0 Å². The highest BCUT2D eigenvalue weighted by atomic mass is 28.3. The van der Waals surface area contributed by atoms with E-state index in [1.807, 2.05) is 0 Å². The van der Waals surface area contributed by atoms with Crippen LogP contribution in [0.25, 0.3) is 0 Å². The number of rotatable bonds is 2. The lowest BCUT2D eigenvalue weighted by Gasteiger charge is -2.25. The molecule has 0 saturated heterocycles. The van der Waals surface area contributed by atoms with E-state index in [9.17, 15) is 0 Å². The molecule has 1 aliphatic carbocycles. The van der Waals surface area contributed by atoms with Crippen molar-refractivity contribution in [3.8, 4) is 0 Å². The first-order valence-corrected chi connectivity index (χ1v) is 7.97. The van der Waals surface area contributed by atoms with Gasteiger partial charge in [-0.2, -0.15) is 0 Å². The predicted octanol–water partition coefficient (Wildman–Crippen LogP) is 2.61. The predicted molar refractivity (Wildman–Crippen MR) is 62.5 cm³/mol. The Morgan fingerprint density at radius 1 is 1.23 bits per heavy atom. The topological polar surface area (TPSA) is 12.0 Å². The van der Waals surface area contributed by atoms with Crippen molar-refractivity contribution in [2.24, 2.45) is 0 Å². The fraction of sp³-hybridized carbons (Fsp3) is 0.636. The van der Waals surface area contributed by atoms with E-state index in [2.05, 4.69) is 51.3 Å². The molecule has 0 radical (unpaired) electrons. The van der Waals surface area contributed by atoms with Gasteiger partial charge in [0.1, 0.15) is 0 Å². The van der Waals surface area contributed by atoms with E-state index in [0.29, 0.717) is 0 Å². The van der Waals surface area contributed by atoms with Crippen LogP contribution < -0.4 is 5.32 Å². The molecule has 0 aliphatic heterocycles. The minimum absolute atomic E-state index is 0.193. The Bertz CT molecular complexity index is 243. The summed E-state index contributed by atoms with van der Waals surface area (Å²) in [5.74, 6) is 0. The van der Waals surface area contributed by atoms with Gasteiger partial charge in [0.25, 0.3) is 0 Å². The van der Waals surface area contributed by atoms with Gasteiger partial charge < -0.3 is 5.32 Å². The van der Waals surface area contributed by atoms with Crippen LogP contribution in [0.5, 0.6) is 0 Å². The van der Waals surface area contributed by atoms with Gasteiger partial charge in [-0.15, -0.1) is 0 Å². The minimum atomic E-state index is -0.640. The molecule has 0 saturated carbocycles. The Morgan fingerprint density at radius 2 is 1.85 bits per heavy atom. The molecule has 0 aromatic carbocycles. The summed E-state index contributed by atoms with van der Waals surface area (Å²) in [4.78, 5) is 0. The Kier molecular flexibility index (Phi) is 3.01. The summed E-state index contributed by atoms with van der Waals surface area (Å²) in [5.41, 5.74) is 1.59. The molecule has 0 aromatic heterocycles. The van der Waals surface area contributed by atoms with Crippen molar-refractivity contribution >= 4 is 8.80 Å². The first-order chi connectivity index (χ1) is 5.90. The molecule has 1 rings (SSSR count). The maximum absolute atomic E-state index is 3.58. The second kappa shape index (κ2) is 3.70. The molecule has 0 fully saturated rings. The summed E-state index contributed by atoms with van der Waals surface area (Å²) in [6, 6.07) is 0. The molecule has 2 heteroatoms. The molecule has 74 valence electrons. The molecule has 0 spiro atoms. The van der Waals surface area contributed by atoms with Crippen molar-refractivity contribution in [3.63, 3.8) is 0 Å². The summed E-state index contributed by atoms with van der Waals surface area (Å²) in [6.45, 7) is 11.4. The molecule has 1 N–H and O–H groups in total. The minimum Gasteiger partial charge on any atom is -0.381 e. The van der Waals surface area contributed by atoms with Crippen LogP contribution in [0.3, 0.4) is 0 Å². The smallest absolute Gasteiger partial charge is 0.0670 e. The van der Waals surface area contributed by atoms with Gasteiger partial charge in [-0.05, 0) is 32.4 Å². The lowest BCUT2D eigenvalue weighted by Crippen LogP contribution is -2.36. The molecule has 0 amide bonds. The van der Waals surface area contributed by atoms with Gasteiger partial charge in [-0.3, -0.25) is 0 Å². The SMILES string of the molecule is C[SiH](C)C1=CCC=C1NC(C)(C)C. The summed E-state index contributed by atoms with van der Waals surface area (Å²) in [6.07, 6.45) is 5.82. The molecule has 1 nitrogen and oxygen atoms in total. The van der Waals surface area contributed by atoms with Gasteiger partial charge in [0.05, 0.1) is 8.80 Å². The standard InChI is InChI=1S/C11H21NSi/c1-11(2,3)12-9-7-6-8-10(9)13(4)5/h7-8,12-13H,6H2,1-5H3. The van der Waals surface area contributed by atoms with E-state index in [1.165, 1.54) is 5.70 Å². The molecule has 0 bridgehead atoms. The molecule has 0 atom stereocenters. The highest BCUT2D eigenvalue weighted by Crippen LogP contribution is 2.21. The normalized spacial score (nSPS) is 17.4. The second-order valence-corrected chi connectivity index (χ2v) is 7.97. The fourth-order valence-corrected chi connectivity index (χ4v) is 3.02. The maximum atomic E-state index is 3.58. The highest BCUT2D eigenvalue weighted by molar-refractivity contribution is 6.65. The number of allylic oxidation sites excluding steroid dienone is 3. The van der Waals surface area contributed by atoms with E-state index < -0.39 is 8.80 Å². The zero-order valence-electron chi connectivity index (χ0n) is 9.44. The van der Waals surface area contributed by atoms with Crippen LogP contribution in [-0.4, -0.2) is 14.3 Å². The summed E-state index contributed by atoms with van der Waals surface area (Å²) in [5, 5.41) is 5.18. The monoisotopic (exact) mass is 195 g/mol. The second-order valence-electron chi connectivity index (χ2n) is 5.04. The number of hydrogen-bond acceptors (Lipinski definition) is 1. The zero-order valence-corrected chi connectivity index (χ0v) is 10.6. The Hall–Kier alpha value is -0.503.